The largest absolute Gasteiger partial charge is 0.378 e. The van der Waals surface area contributed by atoms with Gasteiger partial charge in [-0.1, -0.05) is 25.4 Å². The van der Waals surface area contributed by atoms with Crippen molar-refractivity contribution in [3.05, 3.63) is 33.4 Å². The highest BCUT2D eigenvalue weighted by atomic mass is 35.5. The first-order valence-corrected chi connectivity index (χ1v) is 9.57. The molecular weight excluding hydrogens is 376 g/mol. The van der Waals surface area contributed by atoms with Crippen LogP contribution in [-0.4, -0.2) is 52.8 Å². The number of hydrogen-bond donors (Lipinski definition) is 1. The van der Waals surface area contributed by atoms with Crippen molar-refractivity contribution in [3.8, 4) is 0 Å². The maximum Gasteiger partial charge on any atom is 0.276 e. The average molecular weight is 397 g/mol. The summed E-state index contributed by atoms with van der Waals surface area (Å²) in [7, 11) is 1.65. The van der Waals surface area contributed by atoms with Gasteiger partial charge < -0.3 is 15.0 Å². The van der Waals surface area contributed by atoms with Gasteiger partial charge in [0.25, 0.3) is 11.8 Å². The number of nitrogens with zero attached hydrogens (tertiary/aromatic N) is 3. The first-order chi connectivity index (χ1) is 12.4. The molecule has 1 aliphatic heterocycles. The molecule has 26 heavy (non-hydrogen) atoms. The molecule has 2 amide bonds. The Labute approximate surface area is 160 Å². The van der Waals surface area contributed by atoms with Crippen LogP contribution in [0.2, 0.25) is 5.02 Å². The maximum atomic E-state index is 12.9. The molecule has 0 saturated carbocycles. The lowest BCUT2D eigenvalue weighted by atomic mass is 10.1. The predicted molar refractivity (Wildman–Crippen MR) is 101 cm³/mol. The van der Waals surface area contributed by atoms with Gasteiger partial charge in [0.1, 0.15) is 10.7 Å². The Bertz CT molecular complexity index is 805. The fourth-order valence-corrected chi connectivity index (χ4v) is 4.01. The van der Waals surface area contributed by atoms with Crippen LogP contribution in [0.4, 0.5) is 5.00 Å². The van der Waals surface area contributed by atoms with Crippen LogP contribution in [0.25, 0.3) is 0 Å². The lowest BCUT2D eigenvalue weighted by Gasteiger charge is -2.26. The Morgan fingerprint density at radius 1 is 1.35 bits per heavy atom. The molecule has 1 saturated heterocycles. The number of halogens is 1. The molecule has 140 valence electrons. The van der Waals surface area contributed by atoms with E-state index in [-0.39, 0.29) is 28.4 Å². The Balaban J connectivity index is 1.90. The number of anilines is 1. The second-order valence-electron chi connectivity index (χ2n) is 6.37. The monoisotopic (exact) mass is 396 g/mol. The highest BCUT2D eigenvalue weighted by molar-refractivity contribution is 7.16. The first kappa shape index (κ1) is 18.9. The van der Waals surface area contributed by atoms with Crippen LogP contribution < -0.4 is 5.32 Å². The summed E-state index contributed by atoms with van der Waals surface area (Å²) in [6.07, 6.45) is 1.42. The van der Waals surface area contributed by atoms with Crippen molar-refractivity contribution < 1.29 is 14.3 Å². The number of thiophene rings is 1. The van der Waals surface area contributed by atoms with E-state index in [0.29, 0.717) is 36.9 Å². The Morgan fingerprint density at radius 3 is 2.62 bits per heavy atom. The number of aryl methyl sites for hydroxylation is 1. The number of hydrogen-bond acceptors (Lipinski definition) is 5. The molecule has 1 N–H and O–H groups in total. The second-order valence-corrected chi connectivity index (χ2v) is 7.86. The number of carbonyl (C=O) groups excluding carboxylic acids is 2. The normalized spacial score (nSPS) is 14.7. The van der Waals surface area contributed by atoms with E-state index in [9.17, 15) is 9.59 Å². The van der Waals surface area contributed by atoms with Crippen molar-refractivity contribution in [1.29, 1.82) is 0 Å². The summed E-state index contributed by atoms with van der Waals surface area (Å²) >= 11 is 7.47. The third kappa shape index (κ3) is 3.77. The molecule has 2 aromatic rings. The van der Waals surface area contributed by atoms with Crippen LogP contribution in [0.3, 0.4) is 0 Å². The van der Waals surface area contributed by atoms with Crippen LogP contribution in [0.15, 0.2) is 12.3 Å². The van der Waals surface area contributed by atoms with E-state index >= 15 is 0 Å². The van der Waals surface area contributed by atoms with Crippen molar-refractivity contribution in [2.24, 2.45) is 7.05 Å². The number of rotatable bonds is 4. The number of carbonyl (C=O) groups is 2. The van der Waals surface area contributed by atoms with Gasteiger partial charge >= 0.3 is 0 Å². The van der Waals surface area contributed by atoms with Gasteiger partial charge in [-0.25, -0.2) is 0 Å². The fraction of sp³-hybridized carbons (Fsp3) is 0.471. The smallest absolute Gasteiger partial charge is 0.276 e. The van der Waals surface area contributed by atoms with E-state index in [4.69, 9.17) is 16.3 Å². The highest BCUT2D eigenvalue weighted by Gasteiger charge is 2.26. The summed E-state index contributed by atoms with van der Waals surface area (Å²) < 4.78 is 6.73. The van der Waals surface area contributed by atoms with E-state index in [1.165, 1.54) is 22.2 Å². The molecule has 3 rings (SSSR count). The number of ether oxygens (including phenoxy) is 1. The van der Waals surface area contributed by atoms with Crippen LogP contribution in [0.1, 0.15) is 45.5 Å². The summed E-state index contributed by atoms with van der Waals surface area (Å²) in [6, 6.07) is 1.87. The van der Waals surface area contributed by atoms with Gasteiger partial charge in [-0.15, -0.1) is 11.3 Å². The van der Waals surface area contributed by atoms with Gasteiger partial charge in [0.05, 0.1) is 30.0 Å². The van der Waals surface area contributed by atoms with E-state index in [2.05, 4.69) is 24.3 Å². The molecule has 2 aromatic heterocycles. The zero-order valence-corrected chi connectivity index (χ0v) is 16.5. The highest BCUT2D eigenvalue weighted by Crippen LogP contribution is 2.34. The summed E-state index contributed by atoms with van der Waals surface area (Å²) in [5.41, 5.74) is 0.767. The molecule has 0 aromatic carbocycles. The van der Waals surface area contributed by atoms with Crippen molar-refractivity contribution >= 4 is 39.8 Å². The lowest BCUT2D eigenvalue weighted by molar-refractivity contribution is 0.0304. The van der Waals surface area contributed by atoms with E-state index in [0.717, 1.165) is 4.88 Å². The van der Waals surface area contributed by atoms with Crippen LogP contribution in [0.5, 0.6) is 0 Å². The van der Waals surface area contributed by atoms with Gasteiger partial charge in [0.2, 0.25) is 0 Å². The zero-order chi connectivity index (χ0) is 18.8. The average Bonchev–Trinajstić information content (AvgIpc) is 3.18. The topological polar surface area (TPSA) is 76.5 Å². The fourth-order valence-electron chi connectivity index (χ4n) is 2.71. The molecule has 7 nitrogen and oxygen atoms in total. The maximum absolute atomic E-state index is 12.9. The minimum atomic E-state index is -0.386. The standard InChI is InChI=1S/C17H21ClN4O3S/c1-10(2)13-8-11(17(24)22-4-6-25-7-5-22)16(26-13)20-15(23)14-12(18)9-19-21(14)3/h8-10H,4-7H2,1-3H3,(H,20,23). The van der Waals surface area contributed by atoms with Crippen molar-refractivity contribution in [2.75, 3.05) is 31.6 Å². The molecule has 3 heterocycles. The van der Waals surface area contributed by atoms with Crippen molar-refractivity contribution in [3.63, 3.8) is 0 Å². The number of morpholine rings is 1. The Kier molecular flexibility index (Phi) is 5.64. The van der Waals surface area contributed by atoms with Gasteiger partial charge in [0, 0.05) is 25.0 Å². The summed E-state index contributed by atoms with van der Waals surface area (Å²) in [4.78, 5) is 28.4. The molecular formula is C17H21ClN4O3S. The lowest BCUT2D eigenvalue weighted by Crippen LogP contribution is -2.40. The van der Waals surface area contributed by atoms with Gasteiger partial charge in [-0.3, -0.25) is 14.3 Å². The number of nitrogens with one attached hydrogen (secondary N) is 1. The third-order valence-corrected chi connectivity index (χ3v) is 5.81. The second kappa shape index (κ2) is 7.77. The number of aromatic nitrogens is 2. The van der Waals surface area contributed by atoms with E-state index in [1.54, 1.807) is 11.9 Å². The van der Waals surface area contributed by atoms with Crippen LogP contribution in [0, 0.1) is 0 Å². The molecule has 1 fully saturated rings. The molecule has 0 radical (unpaired) electrons. The van der Waals surface area contributed by atoms with Gasteiger partial charge in [-0.05, 0) is 12.0 Å². The molecule has 0 spiro atoms. The minimum Gasteiger partial charge on any atom is -0.378 e. The third-order valence-electron chi connectivity index (χ3n) is 4.19. The minimum absolute atomic E-state index is 0.0946. The zero-order valence-electron chi connectivity index (χ0n) is 14.9. The molecule has 0 aliphatic carbocycles. The Morgan fingerprint density at radius 2 is 2.04 bits per heavy atom. The molecule has 0 unspecified atom stereocenters. The van der Waals surface area contributed by atoms with Gasteiger partial charge in [0.15, 0.2) is 0 Å². The number of amides is 2. The molecule has 9 heteroatoms. The van der Waals surface area contributed by atoms with Crippen molar-refractivity contribution in [1.82, 2.24) is 14.7 Å². The summed E-state index contributed by atoms with van der Waals surface area (Å²) in [5, 5.41) is 7.63. The predicted octanol–water partition coefficient (Wildman–Crippen LogP) is 2.98. The summed E-state index contributed by atoms with van der Waals surface area (Å²) in [5.74, 6) is -0.229. The van der Waals surface area contributed by atoms with Gasteiger partial charge in [-0.2, -0.15) is 5.10 Å². The SMILES string of the molecule is CC(C)c1cc(C(=O)N2CCOCC2)c(NC(=O)c2c(Cl)cnn2C)s1. The van der Waals surface area contributed by atoms with Crippen molar-refractivity contribution in [2.45, 2.75) is 19.8 Å². The molecule has 0 atom stereocenters. The first-order valence-electron chi connectivity index (χ1n) is 8.38. The molecule has 0 bridgehead atoms. The molecule has 1 aliphatic rings. The van der Waals surface area contributed by atoms with Crippen LogP contribution >= 0.6 is 22.9 Å². The van der Waals surface area contributed by atoms with E-state index < -0.39 is 0 Å². The van der Waals surface area contributed by atoms with E-state index in [1.807, 2.05) is 6.07 Å². The van der Waals surface area contributed by atoms with Crippen LogP contribution in [-0.2, 0) is 11.8 Å². The Hall–Kier alpha value is -1.90. The summed E-state index contributed by atoms with van der Waals surface area (Å²) in [6.45, 7) is 6.26. The quantitative estimate of drug-likeness (QED) is 0.861.